The lowest BCUT2D eigenvalue weighted by atomic mass is 10.1. The largest absolute Gasteiger partial charge is 0.322 e. The molecule has 2 rings (SSSR count). The van der Waals surface area contributed by atoms with Crippen LogP contribution in [0.1, 0.15) is 15.9 Å². The van der Waals surface area contributed by atoms with E-state index in [2.05, 4.69) is 5.32 Å². The Morgan fingerprint density at radius 3 is 2.56 bits per heavy atom. The van der Waals surface area contributed by atoms with Crippen LogP contribution in [0.3, 0.4) is 0 Å². The Morgan fingerprint density at radius 2 is 1.89 bits per heavy atom. The van der Waals surface area contributed by atoms with Gasteiger partial charge in [-0.3, -0.25) is 4.79 Å². The molecule has 0 heterocycles. The number of rotatable bonds is 2. The van der Waals surface area contributed by atoms with Gasteiger partial charge in [0.15, 0.2) is 0 Å². The molecule has 92 valence electrons. The van der Waals surface area contributed by atoms with Gasteiger partial charge in [-0.2, -0.15) is 0 Å². The third kappa shape index (κ3) is 2.71. The van der Waals surface area contributed by atoms with E-state index in [1.165, 1.54) is 0 Å². The summed E-state index contributed by atoms with van der Waals surface area (Å²) in [7, 11) is 0. The second kappa shape index (κ2) is 4.96. The number of carbonyl (C=O) groups excluding carboxylic acids is 1. The van der Waals surface area contributed by atoms with E-state index in [0.717, 1.165) is 17.7 Å². The summed E-state index contributed by atoms with van der Waals surface area (Å²) in [5.74, 6) is -2.18. The second-order valence-corrected chi connectivity index (χ2v) is 3.95. The molecule has 0 atom stereocenters. The molecule has 1 amide bonds. The van der Waals surface area contributed by atoms with Crippen LogP contribution >= 0.6 is 0 Å². The lowest BCUT2D eigenvalue weighted by Crippen LogP contribution is -2.13. The summed E-state index contributed by atoms with van der Waals surface area (Å²) in [6.45, 7) is 1.88. The number of amides is 1. The SMILES string of the molecule is Cc1cccc(NC(=O)c2ccc(F)cc2F)c1. The van der Waals surface area contributed by atoms with Crippen LogP contribution in [0.2, 0.25) is 0 Å². The summed E-state index contributed by atoms with van der Waals surface area (Å²) in [5.41, 5.74) is 1.37. The Hall–Kier alpha value is -2.23. The molecular weight excluding hydrogens is 236 g/mol. The highest BCUT2D eigenvalue weighted by Gasteiger charge is 2.12. The molecule has 18 heavy (non-hydrogen) atoms. The Balaban J connectivity index is 2.22. The number of aryl methyl sites for hydroxylation is 1. The molecule has 0 spiro atoms. The fraction of sp³-hybridized carbons (Fsp3) is 0.0714. The minimum absolute atomic E-state index is 0.182. The standard InChI is InChI=1S/C14H11F2NO/c1-9-3-2-4-11(7-9)17-14(18)12-6-5-10(15)8-13(12)16/h2-8H,1H3,(H,17,18). The summed E-state index contributed by atoms with van der Waals surface area (Å²) < 4.78 is 26.1. The van der Waals surface area contributed by atoms with E-state index in [9.17, 15) is 13.6 Å². The summed E-state index contributed by atoms with van der Waals surface area (Å²) in [6, 6.07) is 9.99. The molecule has 0 unspecified atom stereocenters. The van der Waals surface area contributed by atoms with Crippen LogP contribution in [-0.4, -0.2) is 5.91 Å². The number of anilines is 1. The maximum atomic E-state index is 13.4. The van der Waals surface area contributed by atoms with Crippen molar-refractivity contribution in [2.75, 3.05) is 5.32 Å². The van der Waals surface area contributed by atoms with E-state index >= 15 is 0 Å². The first-order chi connectivity index (χ1) is 8.56. The molecule has 2 nitrogen and oxygen atoms in total. The smallest absolute Gasteiger partial charge is 0.258 e. The van der Waals surface area contributed by atoms with Crippen molar-refractivity contribution in [3.8, 4) is 0 Å². The molecule has 0 fully saturated rings. The molecule has 0 aromatic heterocycles. The van der Waals surface area contributed by atoms with Crippen molar-refractivity contribution in [1.82, 2.24) is 0 Å². The van der Waals surface area contributed by atoms with Gasteiger partial charge in [0, 0.05) is 11.8 Å². The van der Waals surface area contributed by atoms with Crippen molar-refractivity contribution >= 4 is 11.6 Å². The van der Waals surface area contributed by atoms with Gasteiger partial charge < -0.3 is 5.32 Å². The van der Waals surface area contributed by atoms with Crippen molar-refractivity contribution in [2.45, 2.75) is 6.92 Å². The highest BCUT2D eigenvalue weighted by atomic mass is 19.1. The van der Waals surface area contributed by atoms with Crippen molar-refractivity contribution in [3.05, 3.63) is 65.2 Å². The van der Waals surface area contributed by atoms with Crippen molar-refractivity contribution < 1.29 is 13.6 Å². The van der Waals surface area contributed by atoms with Gasteiger partial charge >= 0.3 is 0 Å². The first-order valence-electron chi connectivity index (χ1n) is 5.39. The minimum atomic E-state index is -0.875. The third-order valence-electron chi connectivity index (χ3n) is 2.45. The molecule has 4 heteroatoms. The van der Waals surface area contributed by atoms with Crippen LogP contribution < -0.4 is 5.32 Å². The molecule has 2 aromatic rings. The number of hydrogen-bond donors (Lipinski definition) is 1. The quantitative estimate of drug-likeness (QED) is 0.864. The molecule has 0 bridgehead atoms. The Kier molecular flexibility index (Phi) is 3.37. The Bertz CT molecular complexity index is 596. The monoisotopic (exact) mass is 247 g/mol. The van der Waals surface area contributed by atoms with E-state index in [1.54, 1.807) is 18.2 Å². The first-order valence-corrected chi connectivity index (χ1v) is 5.39. The van der Waals surface area contributed by atoms with Crippen LogP contribution in [-0.2, 0) is 0 Å². The lowest BCUT2D eigenvalue weighted by molar-refractivity contribution is 0.102. The van der Waals surface area contributed by atoms with Gasteiger partial charge in [0.05, 0.1) is 5.56 Å². The maximum Gasteiger partial charge on any atom is 0.258 e. The van der Waals surface area contributed by atoms with E-state index in [0.29, 0.717) is 11.8 Å². The number of benzene rings is 2. The van der Waals surface area contributed by atoms with E-state index < -0.39 is 17.5 Å². The van der Waals surface area contributed by atoms with E-state index in [-0.39, 0.29) is 5.56 Å². The van der Waals surface area contributed by atoms with Crippen molar-refractivity contribution in [1.29, 1.82) is 0 Å². The van der Waals surface area contributed by atoms with Crippen LogP contribution in [0.5, 0.6) is 0 Å². The molecular formula is C14H11F2NO. The summed E-state index contributed by atoms with van der Waals surface area (Å²) in [6.07, 6.45) is 0. The normalized spacial score (nSPS) is 10.2. The van der Waals surface area contributed by atoms with Crippen LogP contribution in [0, 0.1) is 18.6 Å². The van der Waals surface area contributed by atoms with E-state index in [1.807, 2.05) is 13.0 Å². The number of carbonyl (C=O) groups is 1. The average Bonchev–Trinajstić information content (AvgIpc) is 2.28. The number of nitrogens with one attached hydrogen (secondary N) is 1. The highest BCUT2D eigenvalue weighted by Crippen LogP contribution is 2.14. The topological polar surface area (TPSA) is 29.1 Å². The Morgan fingerprint density at radius 1 is 1.11 bits per heavy atom. The van der Waals surface area contributed by atoms with Gasteiger partial charge in [-0.15, -0.1) is 0 Å². The fourth-order valence-corrected chi connectivity index (χ4v) is 1.59. The minimum Gasteiger partial charge on any atom is -0.322 e. The van der Waals surface area contributed by atoms with E-state index in [4.69, 9.17) is 0 Å². The molecule has 1 N–H and O–H groups in total. The van der Waals surface area contributed by atoms with Crippen molar-refractivity contribution in [3.63, 3.8) is 0 Å². The van der Waals surface area contributed by atoms with Gasteiger partial charge in [0.2, 0.25) is 0 Å². The summed E-state index contributed by atoms with van der Waals surface area (Å²) >= 11 is 0. The average molecular weight is 247 g/mol. The zero-order valence-electron chi connectivity index (χ0n) is 9.71. The molecule has 0 saturated heterocycles. The predicted octanol–water partition coefficient (Wildman–Crippen LogP) is 3.53. The molecule has 2 aromatic carbocycles. The van der Waals surface area contributed by atoms with Crippen LogP contribution in [0.25, 0.3) is 0 Å². The second-order valence-electron chi connectivity index (χ2n) is 3.95. The molecule has 0 radical (unpaired) electrons. The zero-order valence-corrected chi connectivity index (χ0v) is 9.71. The highest BCUT2D eigenvalue weighted by molar-refractivity contribution is 6.04. The van der Waals surface area contributed by atoms with Gasteiger partial charge in [0.25, 0.3) is 5.91 Å². The van der Waals surface area contributed by atoms with Crippen LogP contribution in [0.15, 0.2) is 42.5 Å². The van der Waals surface area contributed by atoms with Gasteiger partial charge in [-0.05, 0) is 36.8 Å². The summed E-state index contributed by atoms with van der Waals surface area (Å²) in [5, 5.41) is 2.56. The van der Waals surface area contributed by atoms with Gasteiger partial charge in [-0.1, -0.05) is 12.1 Å². The first kappa shape index (κ1) is 12.2. The Labute approximate surface area is 103 Å². The molecule has 0 saturated carbocycles. The number of hydrogen-bond acceptors (Lipinski definition) is 1. The number of halogens is 2. The molecule has 0 aliphatic heterocycles. The van der Waals surface area contributed by atoms with Crippen LogP contribution in [0.4, 0.5) is 14.5 Å². The van der Waals surface area contributed by atoms with Gasteiger partial charge in [-0.25, -0.2) is 8.78 Å². The van der Waals surface area contributed by atoms with Gasteiger partial charge in [0.1, 0.15) is 11.6 Å². The molecule has 0 aliphatic carbocycles. The van der Waals surface area contributed by atoms with Crippen molar-refractivity contribution in [2.24, 2.45) is 0 Å². The lowest BCUT2D eigenvalue weighted by Gasteiger charge is -2.06. The predicted molar refractivity (Wildman–Crippen MR) is 65.5 cm³/mol. The summed E-state index contributed by atoms with van der Waals surface area (Å²) in [4.78, 5) is 11.8. The maximum absolute atomic E-state index is 13.4. The third-order valence-corrected chi connectivity index (χ3v) is 2.45. The molecule has 0 aliphatic rings. The fourth-order valence-electron chi connectivity index (χ4n) is 1.59. The zero-order chi connectivity index (χ0) is 13.1.